The first-order valence-electron chi connectivity index (χ1n) is 9.49. The van der Waals surface area contributed by atoms with E-state index in [-0.39, 0.29) is 11.9 Å². The number of H-pyrrole nitrogens is 2. The third-order valence-electron chi connectivity index (χ3n) is 5.19. The Bertz CT molecular complexity index is 986. The number of fused-ring (bicyclic) bond motifs is 2. The highest BCUT2D eigenvalue weighted by Crippen LogP contribution is 2.37. The fourth-order valence-corrected chi connectivity index (χ4v) is 3.91. The number of hydrogen-bond donors (Lipinski definition) is 2. The minimum Gasteiger partial charge on any atom is -0.466 e. The van der Waals surface area contributed by atoms with E-state index in [0.717, 1.165) is 30.3 Å². The fraction of sp³-hybridized carbons (Fsp3) is 0.261. The zero-order valence-electron chi connectivity index (χ0n) is 15.5. The molecule has 0 bridgehead atoms. The summed E-state index contributed by atoms with van der Waals surface area (Å²) in [6.07, 6.45) is 7.16. The van der Waals surface area contributed by atoms with Crippen molar-refractivity contribution in [2.24, 2.45) is 0 Å². The van der Waals surface area contributed by atoms with Gasteiger partial charge in [0.2, 0.25) is 0 Å². The molecule has 0 radical (unpaired) electrons. The Kier molecular flexibility index (Phi) is 4.97. The third-order valence-corrected chi connectivity index (χ3v) is 5.19. The van der Waals surface area contributed by atoms with E-state index in [4.69, 9.17) is 4.74 Å². The molecular weight excluding hydrogens is 336 g/mol. The Hall–Kier alpha value is -3.01. The monoisotopic (exact) mass is 360 g/mol. The predicted octanol–water partition coefficient (Wildman–Crippen LogP) is 5.51. The summed E-state index contributed by atoms with van der Waals surface area (Å²) in [6, 6.07) is 16.9. The molecule has 0 aliphatic heterocycles. The lowest BCUT2D eigenvalue weighted by atomic mass is 9.86. The number of carbonyl (C=O) groups is 1. The van der Waals surface area contributed by atoms with Crippen molar-refractivity contribution in [3.8, 4) is 0 Å². The van der Waals surface area contributed by atoms with Crippen molar-refractivity contribution in [1.29, 1.82) is 0 Å². The van der Waals surface area contributed by atoms with Crippen LogP contribution in [0.5, 0.6) is 0 Å². The number of unbranched alkanes of at least 4 members (excludes halogenated alkanes) is 1. The van der Waals surface area contributed by atoms with Crippen LogP contribution in [-0.2, 0) is 9.53 Å². The lowest BCUT2D eigenvalue weighted by Crippen LogP contribution is -2.03. The summed E-state index contributed by atoms with van der Waals surface area (Å²) >= 11 is 0. The zero-order chi connectivity index (χ0) is 18.6. The number of rotatable bonds is 7. The molecule has 0 aliphatic rings. The van der Waals surface area contributed by atoms with Gasteiger partial charge < -0.3 is 14.7 Å². The van der Waals surface area contributed by atoms with Crippen LogP contribution in [0.3, 0.4) is 0 Å². The second-order valence-electron chi connectivity index (χ2n) is 6.97. The van der Waals surface area contributed by atoms with Crippen molar-refractivity contribution in [2.75, 3.05) is 6.61 Å². The Morgan fingerprint density at radius 2 is 1.44 bits per heavy atom. The topological polar surface area (TPSA) is 57.9 Å². The summed E-state index contributed by atoms with van der Waals surface area (Å²) in [6.45, 7) is 1.95. The van der Waals surface area contributed by atoms with Gasteiger partial charge in [-0.3, -0.25) is 4.79 Å². The van der Waals surface area contributed by atoms with Crippen molar-refractivity contribution in [3.63, 3.8) is 0 Å². The standard InChI is InChI=1S/C23H24N2O2/c1-16(26)27-13-7-6-8-17(20-14-24-22-11-4-2-9-18(20)22)21-15-25-23-12-5-3-10-19(21)23/h2-5,9-12,14-15,17,24-25H,6-8,13H2,1H3. The average molecular weight is 360 g/mol. The number of carbonyl (C=O) groups excluding carboxylic acids is 1. The van der Waals surface area contributed by atoms with E-state index in [2.05, 4.69) is 70.9 Å². The normalized spacial score (nSPS) is 11.5. The van der Waals surface area contributed by atoms with E-state index in [1.807, 2.05) is 0 Å². The van der Waals surface area contributed by atoms with E-state index < -0.39 is 0 Å². The number of ether oxygens (including phenoxy) is 1. The molecule has 0 spiro atoms. The van der Waals surface area contributed by atoms with Crippen LogP contribution in [0.4, 0.5) is 0 Å². The third kappa shape index (κ3) is 3.61. The zero-order valence-corrected chi connectivity index (χ0v) is 15.5. The highest BCUT2D eigenvalue weighted by atomic mass is 16.5. The quantitative estimate of drug-likeness (QED) is 0.337. The number of hydrogen-bond acceptors (Lipinski definition) is 2. The minimum absolute atomic E-state index is 0.209. The molecule has 138 valence electrons. The first-order valence-corrected chi connectivity index (χ1v) is 9.49. The van der Waals surface area contributed by atoms with Crippen molar-refractivity contribution in [1.82, 2.24) is 9.97 Å². The van der Waals surface area contributed by atoms with Crippen LogP contribution >= 0.6 is 0 Å². The molecule has 4 nitrogen and oxygen atoms in total. The average Bonchev–Trinajstić information content (AvgIpc) is 3.29. The number of nitrogens with one attached hydrogen (secondary N) is 2. The molecule has 2 aromatic heterocycles. The number of esters is 1. The Morgan fingerprint density at radius 1 is 0.889 bits per heavy atom. The van der Waals surface area contributed by atoms with Crippen LogP contribution in [0.25, 0.3) is 21.8 Å². The minimum atomic E-state index is -0.209. The van der Waals surface area contributed by atoms with Crippen molar-refractivity contribution < 1.29 is 9.53 Å². The highest BCUT2D eigenvalue weighted by molar-refractivity contribution is 5.88. The maximum Gasteiger partial charge on any atom is 0.302 e. The van der Waals surface area contributed by atoms with Crippen molar-refractivity contribution in [3.05, 3.63) is 72.1 Å². The highest BCUT2D eigenvalue weighted by Gasteiger charge is 2.20. The Labute approximate surface area is 158 Å². The van der Waals surface area contributed by atoms with E-state index in [1.165, 1.54) is 28.8 Å². The molecular formula is C23H24N2O2. The Morgan fingerprint density at radius 3 is 2.00 bits per heavy atom. The van der Waals surface area contributed by atoms with Gasteiger partial charge in [0.1, 0.15) is 0 Å². The molecule has 2 heterocycles. The van der Waals surface area contributed by atoms with Crippen molar-refractivity contribution in [2.45, 2.75) is 32.1 Å². The van der Waals surface area contributed by atoms with Gasteiger partial charge in [0.05, 0.1) is 6.61 Å². The van der Waals surface area contributed by atoms with Gasteiger partial charge in [0, 0.05) is 47.0 Å². The van der Waals surface area contributed by atoms with Crippen LogP contribution in [-0.4, -0.2) is 22.5 Å². The van der Waals surface area contributed by atoms with Crippen LogP contribution in [0.15, 0.2) is 60.9 Å². The molecule has 4 heteroatoms. The molecule has 0 amide bonds. The first-order chi connectivity index (χ1) is 13.2. The lowest BCUT2D eigenvalue weighted by Gasteiger charge is -2.16. The first kappa shape index (κ1) is 17.4. The smallest absolute Gasteiger partial charge is 0.302 e. The van der Waals surface area contributed by atoms with Gasteiger partial charge in [0.25, 0.3) is 0 Å². The van der Waals surface area contributed by atoms with Gasteiger partial charge in [-0.05, 0) is 42.5 Å². The summed E-state index contributed by atoms with van der Waals surface area (Å²) in [5, 5.41) is 2.54. The molecule has 2 N–H and O–H groups in total. The predicted molar refractivity (Wildman–Crippen MR) is 109 cm³/mol. The van der Waals surface area contributed by atoms with E-state index in [1.54, 1.807) is 0 Å². The van der Waals surface area contributed by atoms with E-state index >= 15 is 0 Å². The van der Waals surface area contributed by atoms with Crippen LogP contribution in [0.1, 0.15) is 43.2 Å². The van der Waals surface area contributed by atoms with Gasteiger partial charge in [-0.15, -0.1) is 0 Å². The van der Waals surface area contributed by atoms with Gasteiger partial charge in [0.15, 0.2) is 0 Å². The van der Waals surface area contributed by atoms with Gasteiger partial charge >= 0.3 is 5.97 Å². The molecule has 0 atom stereocenters. The van der Waals surface area contributed by atoms with Gasteiger partial charge in [-0.2, -0.15) is 0 Å². The largest absolute Gasteiger partial charge is 0.466 e. The van der Waals surface area contributed by atoms with Gasteiger partial charge in [-0.1, -0.05) is 36.4 Å². The van der Waals surface area contributed by atoms with E-state index in [0.29, 0.717) is 6.61 Å². The molecule has 4 rings (SSSR count). The molecule has 0 fully saturated rings. The molecule has 4 aromatic rings. The number of aromatic nitrogens is 2. The molecule has 0 aliphatic carbocycles. The van der Waals surface area contributed by atoms with E-state index in [9.17, 15) is 4.79 Å². The summed E-state index contributed by atoms with van der Waals surface area (Å²) in [5.41, 5.74) is 4.97. The molecule has 0 unspecified atom stereocenters. The molecule has 0 saturated carbocycles. The van der Waals surface area contributed by atoms with Crippen LogP contribution in [0.2, 0.25) is 0 Å². The summed E-state index contributed by atoms with van der Waals surface area (Å²) in [4.78, 5) is 17.8. The summed E-state index contributed by atoms with van der Waals surface area (Å²) < 4.78 is 5.09. The maximum absolute atomic E-state index is 11.0. The van der Waals surface area contributed by atoms with Gasteiger partial charge in [-0.25, -0.2) is 0 Å². The number of para-hydroxylation sites is 2. The molecule has 27 heavy (non-hydrogen) atoms. The lowest BCUT2D eigenvalue weighted by molar-refractivity contribution is -0.141. The molecule has 2 aromatic carbocycles. The summed E-state index contributed by atoms with van der Waals surface area (Å²) in [7, 11) is 0. The summed E-state index contributed by atoms with van der Waals surface area (Å²) in [5.74, 6) is 0.0782. The number of benzene rings is 2. The number of aromatic amines is 2. The SMILES string of the molecule is CC(=O)OCCCCC(c1c[nH]c2ccccc12)c1c[nH]c2ccccc12. The molecule has 0 saturated heterocycles. The Balaban J connectivity index is 1.66. The second-order valence-corrected chi connectivity index (χ2v) is 6.97. The fourth-order valence-electron chi connectivity index (χ4n) is 3.91. The maximum atomic E-state index is 11.0. The van der Waals surface area contributed by atoms with Crippen LogP contribution in [0, 0.1) is 0 Å². The second kappa shape index (κ2) is 7.70. The van der Waals surface area contributed by atoms with Crippen molar-refractivity contribution >= 4 is 27.8 Å². The van der Waals surface area contributed by atoms with Crippen LogP contribution < -0.4 is 0 Å².